The van der Waals surface area contributed by atoms with Crippen LogP contribution < -0.4 is 5.73 Å². The lowest BCUT2D eigenvalue weighted by Crippen LogP contribution is -1.99. The zero-order valence-corrected chi connectivity index (χ0v) is 11.6. The maximum atomic E-state index is 12.1. The van der Waals surface area contributed by atoms with E-state index >= 15 is 0 Å². The molecule has 5 heteroatoms. The van der Waals surface area contributed by atoms with Gasteiger partial charge < -0.3 is 5.73 Å². The minimum atomic E-state index is -1.07. The minimum absolute atomic E-state index is 0.531. The van der Waals surface area contributed by atoms with Crippen LogP contribution in [0.1, 0.15) is 4.88 Å². The molecule has 0 fully saturated rings. The number of hydrogen-bond acceptors (Lipinski definition) is 3. The third-order valence-electron chi connectivity index (χ3n) is 2.07. The van der Waals surface area contributed by atoms with E-state index in [1.54, 1.807) is 17.4 Å². The molecule has 84 valence electrons. The second kappa shape index (κ2) is 5.12. The molecule has 0 aliphatic carbocycles. The van der Waals surface area contributed by atoms with E-state index in [9.17, 15) is 4.21 Å². The third-order valence-corrected chi connectivity index (χ3v) is 5.06. The number of thiophene rings is 1. The molecule has 1 unspecified atom stereocenters. The average molecular weight is 316 g/mol. The first-order valence-electron chi connectivity index (χ1n) is 4.62. The van der Waals surface area contributed by atoms with Gasteiger partial charge >= 0.3 is 0 Å². The summed E-state index contributed by atoms with van der Waals surface area (Å²) < 4.78 is 13.0. The van der Waals surface area contributed by atoms with E-state index in [4.69, 9.17) is 5.73 Å². The second-order valence-corrected chi connectivity index (χ2v) is 6.62. The number of nitrogens with two attached hydrogens (primary N) is 1. The first-order valence-corrected chi connectivity index (χ1v) is 7.62. The summed E-state index contributed by atoms with van der Waals surface area (Å²) in [5, 5.41) is 1.98. The second-order valence-electron chi connectivity index (χ2n) is 3.25. The van der Waals surface area contributed by atoms with E-state index in [1.165, 1.54) is 0 Å². The van der Waals surface area contributed by atoms with Gasteiger partial charge in [-0.1, -0.05) is 22.0 Å². The Labute approximate surface area is 109 Å². The van der Waals surface area contributed by atoms with Gasteiger partial charge in [0.2, 0.25) is 0 Å². The van der Waals surface area contributed by atoms with Crippen molar-refractivity contribution >= 4 is 43.8 Å². The van der Waals surface area contributed by atoms with Gasteiger partial charge in [-0.3, -0.25) is 4.21 Å². The minimum Gasteiger partial charge on any atom is -0.398 e. The SMILES string of the molecule is Nc1cc(Br)ccc1S(=O)Cc1cccs1. The largest absolute Gasteiger partial charge is 0.398 e. The first-order chi connectivity index (χ1) is 7.66. The molecule has 2 aromatic rings. The summed E-state index contributed by atoms with van der Waals surface area (Å²) in [6, 6.07) is 9.39. The summed E-state index contributed by atoms with van der Waals surface area (Å²) >= 11 is 4.94. The summed E-state index contributed by atoms with van der Waals surface area (Å²) in [6.45, 7) is 0. The van der Waals surface area contributed by atoms with E-state index < -0.39 is 10.8 Å². The Hall–Kier alpha value is -0.650. The van der Waals surface area contributed by atoms with Crippen LogP contribution >= 0.6 is 27.3 Å². The van der Waals surface area contributed by atoms with Gasteiger partial charge in [0, 0.05) is 15.0 Å². The quantitative estimate of drug-likeness (QED) is 0.882. The summed E-state index contributed by atoms with van der Waals surface area (Å²) in [7, 11) is -1.07. The van der Waals surface area contributed by atoms with Crippen LogP contribution in [0.4, 0.5) is 5.69 Å². The highest BCUT2D eigenvalue weighted by Gasteiger charge is 2.09. The molecule has 16 heavy (non-hydrogen) atoms. The smallest absolute Gasteiger partial charge is 0.0627 e. The molecular weight excluding hydrogens is 306 g/mol. The zero-order chi connectivity index (χ0) is 11.5. The fourth-order valence-electron chi connectivity index (χ4n) is 1.33. The molecule has 0 amide bonds. The van der Waals surface area contributed by atoms with E-state index in [2.05, 4.69) is 15.9 Å². The predicted octanol–water partition coefficient (Wildman–Crippen LogP) is 3.40. The Balaban J connectivity index is 2.21. The van der Waals surface area contributed by atoms with Crippen molar-refractivity contribution in [2.45, 2.75) is 10.6 Å². The molecule has 1 aromatic carbocycles. The molecule has 1 aromatic heterocycles. The van der Waals surface area contributed by atoms with Crippen molar-refractivity contribution in [3.63, 3.8) is 0 Å². The highest BCUT2D eigenvalue weighted by Crippen LogP contribution is 2.24. The summed E-state index contributed by atoms with van der Waals surface area (Å²) in [5.74, 6) is 0.531. The normalized spacial score (nSPS) is 12.6. The van der Waals surface area contributed by atoms with Gasteiger partial charge in [0.05, 0.1) is 21.4 Å². The Morgan fingerprint density at radius 2 is 2.19 bits per heavy atom. The molecule has 0 radical (unpaired) electrons. The molecule has 1 atom stereocenters. The van der Waals surface area contributed by atoms with Crippen LogP contribution in [0.2, 0.25) is 0 Å². The Kier molecular flexibility index (Phi) is 3.78. The monoisotopic (exact) mass is 315 g/mol. The maximum Gasteiger partial charge on any atom is 0.0627 e. The fraction of sp³-hybridized carbons (Fsp3) is 0.0909. The molecule has 2 rings (SSSR count). The molecule has 2 N–H and O–H groups in total. The number of halogens is 1. The molecule has 2 nitrogen and oxygen atoms in total. The lowest BCUT2D eigenvalue weighted by atomic mass is 10.3. The van der Waals surface area contributed by atoms with Crippen molar-refractivity contribution in [3.8, 4) is 0 Å². The lowest BCUT2D eigenvalue weighted by Gasteiger charge is -2.05. The third kappa shape index (κ3) is 2.72. The summed E-state index contributed by atoms with van der Waals surface area (Å²) in [5.41, 5.74) is 6.41. The lowest BCUT2D eigenvalue weighted by molar-refractivity contribution is 0.683. The molecule has 0 spiro atoms. The molecule has 0 aliphatic rings. The van der Waals surface area contributed by atoms with E-state index in [0.29, 0.717) is 16.3 Å². The molecule has 0 bridgehead atoms. The van der Waals surface area contributed by atoms with Crippen molar-refractivity contribution < 1.29 is 4.21 Å². The zero-order valence-electron chi connectivity index (χ0n) is 8.35. The topological polar surface area (TPSA) is 43.1 Å². The van der Waals surface area contributed by atoms with Crippen molar-refractivity contribution in [2.75, 3.05) is 5.73 Å². The van der Waals surface area contributed by atoms with Crippen molar-refractivity contribution in [3.05, 3.63) is 45.1 Å². The van der Waals surface area contributed by atoms with Gasteiger partial charge in [0.25, 0.3) is 0 Å². The summed E-state index contributed by atoms with van der Waals surface area (Å²) in [4.78, 5) is 1.82. The fourth-order valence-corrected chi connectivity index (χ4v) is 3.84. The molecule has 0 saturated heterocycles. The average Bonchev–Trinajstić information content (AvgIpc) is 2.70. The van der Waals surface area contributed by atoms with Gasteiger partial charge in [-0.05, 0) is 29.6 Å². The van der Waals surface area contributed by atoms with Crippen LogP contribution in [-0.2, 0) is 16.6 Å². The van der Waals surface area contributed by atoms with Gasteiger partial charge in [0.1, 0.15) is 0 Å². The number of nitrogen functional groups attached to an aromatic ring is 1. The first kappa shape index (κ1) is 11.8. The van der Waals surface area contributed by atoms with Crippen molar-refractivity contribution in [2.24, 2.45) is 0 Å². The standard InChI is InChI=1S/C11H10BrNOS2/c12-8-3-4-11(10(13)6-8)16(14)7-9-2-1-5-15-9/h1-6H,7,13H2. The van der Waals surface area contributed by atoms with Crippen LogP contribution in [0.15, 0.2) is 45.1 Å². The van der Waals surface area contributed by atoms with Crippen molar-refractivity contribution in [1.82, 2.24) is 0 Å². The number of hydrogen-bond donors (Lipinski definition) is 1. The molecule has 0 saturated carbocycles. The van der Waals surface area contributed by atoms with Crippen LogP contribution in [0, 0.1) is 0 Å². The van der Waals surface area contributed by atoms with E-state index in [-0.39, 0.29) is 0 Å². The van der Waals surface area contributed by atoms with Gasteiger partial charge in [0.15, 0.2) is 0 Å². The van der Waals surface area contributed by atoms with Crippen LogP contribution in [0.25, 0.3) is 0 Å². The molecule has 0 aliphatic heterocycles. The molecular formula is C11H10BrNOS2. The Morgan fingerprint density at radius 1 is 1.38 bits per heavy atom. The number of rotatable bonds is 3. The molecule has 1 heterocycles. The Morgan fingerprint density at radius 3 is 2.81 bits per heavy atom. The highest BCUT2D eigenvalue weighted by atomic mass is 79.9. The van der Waals surface area contributed by atoms with Gasteiger partial charge in [-0.15, -0.1) is 11.3 Å². The van der Waals surface area contributed by atoms with E-state index in [0.717, 1.165) is 9.35 Å². The summed E-state index contributed by atoms with van der Waals surface area (Å²) in [6.07, 6.45) is 0. The van der Waals surface area contributed by atoms with E-state index in [1.807, 2.05) is 29.6 Å². The number of anilines is 1. The van der Waals surface area contributed by atoms with Crippen LogP contribution in [-0.4, -0.2) is 4.21 Å². The van der Waals surface area contributed by atoms with Crippen LogP contribution in [0.3, 0.4) is 0 Å². The predicted molar refractivity (Wildman–Crippen MR) is 73.0 cm³/mol. The van der Waals surface area contributed by atoms with Crippen molar-refractivity contribution in [1.29, 1.82) is 0 Å². The maximum absolute atomic E-state index is 12.1. The van der Waals surface area contributed by atoms with Gasteiger partial charge in [-0.25, -0.2) is 0 Å². The highest BCUT2D eigenvalue weighted by molar-refractivity contribution is 9.10. The van der Waals surface area contributed by atoms with Crippen LogP contribution in [0.5, 0.6) is 0 Å². The number of benzene rings is 1. The Bertz CT molecular complexity index is 511. The van der Waals surface area contributed by atoms with Gasteiger partial charge in [-0.2, -0.15) is 0 Å².